The van der Waals surface area contributed by atoms with Gasteiger partial charge in [0.15, 0.2) is 0 Å². The summed E-state index contributed by atoms with van der Waals surface area (Å²) in [5, 5.41) is 15.9. The van der Waals surface area contributed by atoms with E-state index in [1.165, 1.54) is 23.3 Å². The molecule has 2 atom stereocenters. The van der Waals surface area contributed by atoms with Gasteiger partial charge < -0.3 is 20.6 Å². The average Bonchev–Trinajstić information content (AvgIpc) is 3.62. The number of hydrogen-bond donors (Lipinski definition) is 3. The van der Waals surface area contributed by atoms with Crippen molar-refractivity contribution in [2.75, 3.05) is 31.5 Å². The van der Waals surface area contributed by atoms with Crippen LogP contribution in [-0.2, 0) is 17.6 Å². The second kappa shape index (κ2) is 11.8. The van der Waals surface area contributed by atoms with Crippen molar-refractivity contribution in [3.63, 3.8) is 0 Å². The second-order valence-electron chi connectivity index (χ2n) is 9.93. The molecule has 194 valence electrons. The number of carbonyl (C=O) groups excluding carboxylic acids is 1. The molecule has 1 aromatic carbocycles. The molecule has 1 fully saturated rings. The SMILES string of the molecule is O=C(NC(CCN1CCC(CCc2ccc3c(n2)NCCC3)C1)C(=O)O)c1cccc(-c2cncs2)c1. The zero-order chi connectivity index (χ0) is 25.6. The first-order chi connectivity index (χ1) is 18.0. The molecule has 0 radical (unpaired) electrons. The van der Waals surface area contributed by atoms with Crippen LogP contribution in [0, 0.1) is 5.92 Å². The second-order valence-corrected chi connectivity index (χ2v) is 10.8. The van der Waals surface area contributed by atoms with Gasteiger partial charge in [0, 0.05) is 37.1 Å². The van der Waals surface area contributed by atoms with Crippen LogP contribution in [0.25, 0.3) is 10.4 Å². The molecule has 2 aromatic heterocycles. The van der Waals surface area contributed by atoms with E-state index in [1.807, 2.05) is 6.07 Å². The predicted molar refractivity (Wildman–Crippen MR) is 145 cm³/mol. The number of likely N-dealkylation sites (tertiary alicyclic amines) is 1. The minimum Gasteiger partial charge on any atom is -0.480 e. The van der Waals surface area contributed by atoms with E-state index in [1.54, 1.807) is 29.9 Å². The molecule has 1 saturated heterocycles. The van der Waals surface area contributed by atoms with Gasteiger partial charge in [-0.3, -0.25) is 9.78 Å². The Morgan fingerprint density at radius 2 is 2.19 bits per heavy atom. The Morgan fingerprint density at radius 3 is 3.03 bits per heavy atom. The molecule has 37 heavy (non-hydrogen) atoms. The summed E-state index contributed by atoms with van der Waals surface area (Å²) in [5.41, 5.74) is 5.54. The fourth-order valence-corrected chi connectivity index (χ4v) is 5.81. The fraction of sp³-hybridized carbons (Fsp3) is 0.429. The van der Waals surface area contributed by atoms with E-state index in [2.05, 4.69) is 32.7 Å². The highest BCUT2D eigenvalue weighted by Crippen LogP contribution is 2.25. The summed E-state index contributed by atoms with van der Waals surface area (Å²) in [6.45, 7) is 3.56. The smallest absolute Gasteiger partial charge is 0.326 e. The summed E-state index contributed by atoms with van der Waals surface area (Å²) in [6, 6.07) is 10.6. The van der Waals surface area contributed by atoms with E-state index in [4.69, 9.17) is 4.98 Å². The summed E-state index contributed by atoms with van der Waals surface area (Å²) >= 11 is 1.50. The number of carbonyl (C=O) groups is 2. The van der Waals surface area contributed by atoms with E-state index in [0.717, 1.165) is 67.3 Å². The molecule has 0 saturated carbocycles. The normalized spacial score (nSPS) is 18.1. The number of amides is 1. The largest absolute Gasteiger partial charge is 0.480 e. The third kappa shape index (κ3) is 6.53. The topological polar surface area (TPSA) is 107 Å². The molecule has 3 aromatic rings. The number of aliphatic carboxylic acids is 1. The highest BCUT2D eigenvalue weighted by atomic mass is 32.1. The van der Waals surface area contributed by atoms with Crippen LogP contribution in [0.1, 0.15) is 47.3 Å². The minimum atomic E-state index is -1.00. The number of benzene rings is 1. The Kier molecular flexibility index (Phi) is 8.11. The highest BCUT2D eigenvalue weighted by Gasteiger charge is 2.26. The number of hydrogen-bond acceptors (Lipinski definition) is 7. The van der Waals surface area contributed by atoms with E-state index in [0.29, 0.717) is 24.4 Å². The first kappa shape index (κ1) is 25.4. The molecule has 0 aliphatic carbocycles. The summed E-state index contributed by atoms with van der Waals surface area (Å²) in [5.74, 6) is 0.256. The van der Waals surface area contributed by atoms with Crippen molar-refractivity contribution in [3.8, 4) is 10.4 Å². The van der Waals surface area contributed by atoms with E-state index in [-0.39, 0.29) is 5.91 Å². The molecule has 2 unspecified atom stereocenters. The predicted octanol–water partition coefficient (Wildman–Crippen LogP) is 4.09. The van der Waals surface area contributed by atoms with Gasteiger partial charge in [0.1, 0.15) is 11.9 Å². The molecule has 4 heterocycles. The lowest BCUT2D eigenvalue weighted by Crippen LogP contribution is -2.43. The molecule has 9 heteroatoms. The first-order valence-corrected chi connectivity index (χ1v) is 13.9. The molecule has 0 spiro atoms. The first-order valence-electron chi connectivity index (χ1n) is 13.0. The number of rotatable bonds is 10. The van der Waals surface area contributed by atoms with Crippen molar-refractivity contribution in [1.29, 1.82) is 0 Å². The molecule has 5 rings (SSSR count). The number of carboxylic acid groups (broad SMARTS) is 1. The van der Waals surface area contributed by atoms with Gasteiger partial charge >= 0.3 is 5.97 Å². The number of nitrogens with zero attached hydrogens (tertiary/aromatic N) is 3. The number of nitrogens with one attached hydrogen (secondary N) is 2. The number of pyridine rings is 1. The van der Waals surface area contributed by atoms with Gasteiger partial charge in [-0.05, 0) is 80.3 Å². The Bertz CT molecular complexity index is 1230. The molecule has 3 N–H and O–H groups in total. The van der Waals surface area contributed by atoms with Crippen LogP contribution in [0.5, 0.6) is 0 Å². The van der Waals surface area contributed by atoms with Crippen LogP contribution in [-0.4, -0.2) is 64.1 Å². The number of fused-ring (bicyclic) bond motifs is 1. The van der Waals surface area contributed by atoms with Crippen LogP contribution in [0.4, 0.5) is 5.82 Å². The van der Waals surface area contributed by atoms with Gasteiger partial charge in [0.25, 0.3) is 5.91 Å². The lowest BCUT2D eigenvalue weighted by atomic mass is 10.00. The Labute approximate surface area is 221 Å². The van der Waals surface area contributed by atoms with Crippen LogP contribution in [0.15, 0.2) is 48.1 Å². The lowest BCUT2D eigenvalue weighted by molar-refractivity contribution is -0.139. The Balaban J connectivity index is 1.09. The maximum absolute atomic E-state index is 12.8. The van der Waals surface area contributed by atoms with Gasteiger partial charge in [-0.25, -0.2) is 9.78 Å². The van der Waals surface area contributed by atoms with Crippen LogP contribution >= 0.6 is 11.3 Å². The van der Waals surface area contributed by atoms with Crippen LogP contribution in [0.3, 0.4) is 0 Å². The molecular weight excluding hydrogens is 486 g/mol. The number of aryl methyl sites for hydroxylation is 2. The quantitative estimate of drug-likeness (QED) is 0.370. The van der Waals surface area contributed by atoms with Gasteiger partial charge in [-0.2, -0.15) is 0 Å². The fourth-order valence-electron chi connectivity index (χ4n) is 5.19. The standard InChI is InChI=1S/C28H33N5O3S/c34-27(22-4-1-3-21(15-22)25-16-29-18-37-25)32-24(28(35)36)11-14-33-13-10-19(17-33)6-8-23-9-7-20-5-2-12-30-26(20)31-23/h1,3-4,7,9,15-16,18-19,24H,2,5-6,8,10-14,17H2,(H,30,31)(H,32,34)(H,35,36). The van der Waals surface area contributed by atoms with Gasteiger partial charge in [-0.15, -0.1) is 11.3 Å². The van der Waals surface area contributed by atoms with Crippen molar-refractivity contribution in [2.24, 2.45) is 5.92 Å². The summed E-state index contributed by atoms with van der Waals surface area (Å²) in [6.07, 6.45) is 7.55. The van der Waals surface area contributed by atoms with E-state index < -0.39 is 12.0 Å². The lowest BCUT2D eigenvalue weighted by Gasteiger charge is -2.20. The van der Waals surface area contributed by atoms with Gasteiger partial charge in [0.05, 0.1) is 10.4 Å². The van der Waals surface area contributed by atoms with Crippen molar-refractivity contribution in [3.05, 3.63) is 64.9 Å². The zero-order valence-corrected chi connectivity index (χ0v) is 21.7. The molecule has 2 aliphatic rings. The zero-order valence-electron chi connectivity index (χ0n) is 20.9. The number of thiazole rings is 1. The van der Waals surface area contributed by atoms with Crippen LogP contribution < -0.4 is 10.6 Å². The number of anilines is 1. The van der Waals surface area contributed by atoms with E-state index >= 15 is 0 Å². The number of aromatic nitrogens is 2. The average molecular weight is 520 g/mol. The number of carboxylic acids is 1. The third-order valence-electron chi connectivity index (χ3n) is 7.31. The molecular formula is C28H33N5O3S. The van der Waals surface area contributed by atoms with E-state index in [9.17, 15) is 14.7 Å². The van der Waals surface area contributed by atoms with Crippen molar-refractivity contribution in [2.45, 2.75) is 44.6 Å². The molecule has 1 amide bonds. The van der Waals surface area contributed by atoms with Gasteiger partial charge in [-0.1, -0.05) is 18.2 Å². The molecule has 0 bridgehead atoms. The Morgan fingerprint density at radius 1 is 1.27 bits per heavy atom. The summed E-state index contributed by atoms with van der Waals surface area (Å²) < 4.78 is 0. The highest BCUT2D eigenvalue weighted by molar-refractivity contribution is 7.13. The third-order valence-corrected chi connectivity index (χ3v) is 8.13. The van der Waals surface area contributed by atoms with Crippen molar-refractivity contribution >= 4 is 29.0 Å². The summed E-state index contributed by atoms with van der Waals surface area (Å²) in [7, 11) is 0. The maximum Gasteiger partial charge on any atom is 0.326 e. The van der Waals surface area contributed by atoms with Gasteiger partial charge in [0.2, 0.25) is 0 Å². The molecule has 8 nitrogen and oxygen atoms in total. The Hall–Kier alpha value is -3.30. The van der Waals surface area contributed by atoms with Crippen LogP contribution in [0.2, 0.25) is 0 Å². The molecule has 2 aliphatic heterocycles. The maximum atomic E-state index is 12.8. The monoisotopic (exact) mass is 519 g/mol. The van der Waals surface area contributed by atoms with Crippen molar-refractivity contribution < 1.29 is 14.7 Å². The summed E-state index contributed by atoms with van der Waals surface area (Å²) in [4.78, 5) is 36.9. The van der Waals surface area contributed by atoms with Crippen molar-refractivity contribution in [1.82, 2.24) is 20.2 Å². The minimum absolute atomic E-state index is 0.370.